The summed E-state index contributed by atoms with van der Waals surface area (Å²) in [7, 11) is 0. The third-order valence-electron chi connectivity index (χ3n) is 4.54. The number of fused-ring (bicyclic) bond motifs is 1. The third-order valence-corrected chi connectivity index (χ3v) is 5.95. The molecule has 0 saturated heterocycles. The first-order valence-electron chi connectivity index (χ1n) is 9.08. The number of anilines is 1. The van der Waals surface area contributed by atoms with Crippen molar-refractivity contribution in [2.75, 3.05) is 11.9 Å². The van der Waals surface area contributed by atoms with Gasteiger partial charge >= 0.3 is 6.09 Å². The van der Waals surface area contributed by atoms with Crippen LogP contribution in [0.25, 0.3) is 0 Å². The van der Waals surface area contributed by atoms with Gasteiger partial charge in [-0.1, -0.05) is 24.6 Å². The number of thiophene rings is 1. The van der Waals surface area contributed by atoms with Gasteiger partial charge in [0.15, 0.2) is 0 Å². The van der Waals surface area contributed by atoms with E-state index in [1.54, 1.807) is 31.2 Å². The quantitative estimate of drug-likeness (QED) is 0.753. The lowest BCUT2D eigenvalue weighted by Gasteiger charge is -2.18. The molecule has 0 bridgehead atoms. The molecule has 1 aliphatic carbocycles. The van der Waals surface area contributed by atoms with Crippen LogP contribution in [0.15, 0.2) is 24.3 Å². The number of halogens is 1. The first kappa shape index (κ1) is 20.4. The molecule has 1 aromatic carbocycles. The molecule has 0 spiro atoms. The molecule has 0 saturated carbocycles. The van der Waals surface area contributed by atoms with Gasteiger partial charge in [0.2, 0.25) is 0 Å². The Bertz CT molecular complexity index is 925. The molecule has 2 N–H and O–H groups in total. The number of benzene rings is 1. The summed E-state index contributed by atoms with van der Waals surface area (Å²) in [5, 5.41) is 5.95. The summed E-state index contributed by atoms with van der Waals surface area (Å²) < 4.78 is 4.81. The van der Waals surface area contributed by atoms with E-state index in [0.717, 1.165) is 29.7 Å². The summed E-state index contributed by atoms with van der Waals surface area (Å²) in [6.07, 6.45) is 1.72. The molecule has 1 aliphatic rings. The second-order valence-corrected chi connectivity index (χ2v) is 8.24. The Morgan fingerprint density at radius 3 is 2.79 bits per heavy atom. The van der Waals surface area contributed by atoms with E-state index in [1.165, 1.54) is 11.3 Å². The minimum atomic E-state index is -0.802. The summed E-state index contributed by atoms with van der Waals surface area (Å²) in [5.74, 6) is -0.421. The number of nitrogens with one attached hydrogen (secondary N) is 2. The van der Waals surface area contributed by atoms with Crippen LogP contribution in [0.5, 0.6) is 0 Å². The smallest absolute Gasteiger partial charge is 0.414 e. The van der Waals surface area contributed by atoms with Gasteiger partial charge in [-0.3, -0.25) is 14.9 Å². The molecule has 0 unspecified atom stereocenters. The van der Waals surface area contributed by atoms with E-state index in [2.05, 4.69) is 17.6 Å². The minimum Gasteiger partial charge on any atom is -0.450 e. The number of hydrogen-bond donors (Lipinski definition) is 2. The maximum atomic E-state index is 12.8. The van der Waals surface area contributed by atoms with E-state index in [1.807, 2.05) is 0 Å². The normalized spacial score (nSPS) is 15.5. The number of amides is 3. The van der Waals surface area contributed by atoms with Crippen LogP contribution < -0.4 is 10.6 Å². The summed E-state index contributed by atoms with van der Waals surface area (Å²) in [6, 6.07) is 6.58. The van der Waals surface area contributed by atoms with Crippen LogP contribution in [0, 0.1) is 5.92 Å². The van der Waals surface area contributed by atoms with Crippen molar-refractivity contribution in [3.8, 4) is 0 Å². The highest BCUT2D eigenvalue weighted by Gasteiger charge is 2.29. The van der Waals surface area contributed by atoms with Gasteiger partial charge in [0.1, 0.15) is 5.00 Å². The molecule has 3 rings (SSSR count). The Hall–Kier alpha value is -2.38. The van der Waals surface area contributed by atoms with Gasteiger partial charge < -0.3 is 10.1 Å². The molecule has 2 aromatic rings. The van der Waals surface area contributed by atoms with E-state index in [0.29, 0.717) is 27.1 Å². The second-order valence-electron chi connectivity index (χ2n) is 6.69. The van der Waals surface area contributed by atoms with Gasteiger partial charge in [-0.15, -0.1) is 11.3 Å². The van der Waals surface area contributed by atoms with Crippen LogP contribution in [0.1, 0.15) is 51.4 Å². The van der Waals surface area contributed by atoms with Gasteiger partial charge in [0.05, 0.1) is 12.2 Å². The molecular formula is C20H21ClN2O4S. The number of alkyl carbamates (subject to hydrolysis) is 1. The Kier molecular flexibility index (Phi) is 6.36. The Balaban J connectivity index is 1.92. The second kappa shape index (κ2) is 8.75. The van der Waals surface area contributed by atoms with Crippen molar-refractivity contribution >= 4 is 45.8 Å². The fraction of sp³-hybridized carbons (Fsp3) is 0.350. The first-order chi connectivity index (χ1) is 13.4. The van der Waals surface area contributed by atoms with E-state index >= 15 is 0 Å². The highest BCUT2D eigenvalue weighted by Crippen LogP contribution is 2.39. The maximum absolute atomic E-state index is 12.8. The summed E-state index contributed by atoms with van der Waals surface area (Å²) in [4.78, 5) is 38.2. The largest absolute Gasteiger partial charge is 0.450 e. The lowest BCUT2D eigenvalue weighted by atomic mass is 9.88. The average molecular weight is 421 g/mol. The molecule has 8 heteroatoms. The molecular weight excluding hydrogens is 400 g/mol. The van der Waals surface area contributed by atoms with Crippen LogP contribution in [0.4, 0.5) is 9.80 Å². The number of carbonyl (C=O) groups excluding carboxylic acids is 3. The standard InChI is InChI=1S/C20H21ClN2O4S/c1-3-27-20(26)23-18(25)16-14-8-7-11(2)9-15(14)28-19(16)22-17(24)12-5-4-6-13(21)10-12/h4-6,10-11H,3,7-9H2,1-2H3,(H,22,24)(H,23,25,26)/t11-/m0/s1. The Labute approximate surface area is 172 Å². The van der Waals surface area contributed by atoms with Crippen LogP contribution in [-0.2, 0) is 17.6 Å². The number of hydrogen-bond acceptors (Lipinski definition) is 5. The SMILES string of the molecule is CCOC(=O)NC(=O)c1c(NC(=O)c2cccc(Cl)c2)sc2c1CC[C@H](C)C2. The molecule has 28 heavy (non-hydrogen) atoms. The van der Waals surface area contributed by atoms with Crippen molar-refractivity contribution in [2.45, 2.75) is 33.1 Å². The lowest BCUT2D eigenvalue weighted by molar-refractivity contribution is 0.0925. The first-order valence-corrected chi connectivity index (χ1v) is 10.3. The van der Waals surface area contributed by atoms with Crippen molar-refractivity contribution in [3.63, 3.8) is 0 Å². The van der Waals surface area contributed by atoms with Gasteiger partial charge in [0, 0.05) is 15.5 Å². The molecule has 1 heterocycles. The van der Waals surface area contributed by atoms with Crippen LogP contribution in [-0.4, -0.2) is 24.5 Å². The third kappa shape index (κ3) is 4.54. The lowest BCUT2D eigenvalue weighted by Crippen LogP contribution is -2.32. The monoisotopic (exact) mass is 420 g/mol. The topological polar surface area (TPSA) is 84.5 Å². The van der Waals surface area contributed by atoms with Crippen molar-refractivity contribution < 1.29 is 19.1 Å². The van der Waals surface area contributed by atoms with Crippen molar-refractivity contribution in [1.29, 1.82) is 0 Å². The molecule has 0 fully saturated rings. The van der Waals surface area contributed by atoms with E-state index < -0.39 is 12.0 Å². The molecule has 0 radical (unpaired) electrons. The minimum absolute atomic E-state index is 0.163. The molecule has 1 aromatic heterocycles. The van der Waals surface area contributed by atoms with Crippen LogP contribution in [0.3, 0.4) is 0 Å². The van der Waals surface area contributed by atoms with Gasteiger partial charge in [0.25, 0.3) is 11.8 Å². The predicted molar refractivity (Wildman–Crippen MR) is 109 cm³/mol. The Morgan fingerprint density at radius 1 is 1.29 bits per heavy atom. The summed E-state index contributed by atoms with van der Waals surface area (Å²) in [5.41, 5.74) is 1.63. The van der Waals surface area contributed by atoms with Gasteiger partial charge in [-0.25, -0.2) is 4.79 Å². The fourth-order valence-electron chi connectivity index (χ4n) is 3.21. The van der Waals surface area contributed by atoms with Crippen molar-refractivity contribution in [2.24, 2.45) is 5.92 Å². The number of imide groups is 1. The number of carbonyl (C=O) groups is 3. The summed E-state index contributed by atoms with van der Waals surface area (Å²) >= 11 is 7.35. The number of rotatable bonds is 4. The summed E-state index contributed by atoms with van der Waals surface area (Å²) in [6.45, 7) is 3.98. The molecule has 6 nitrogen and oxygen atoms in total. The zero-order chi connectivity index (χ0) is 20.3. The van der Waals surface area contributed by atoms with Gasteiger partial charge in [-0.2, -0.15) is 0 Å². The van der Waals surface area contributed by atoms with E-state index in [4.69, 9.17) is 16.3 Å². The maximum Gasteiger partial charge on any atom is 0.414 e. The van der Waals surface area contributed by atoms with Crippen LogP contribution in [0.2, 0.25) is 5.02 Å². The van der Waals surface area contributed by atoms with Crippen molar-refractivity contribution in [1.82, 2.24) is 5.32 Å². The highest BCUT2D eigenvalue weighted by atomic mass is 35.5. The van der Waals surface area contributed by atoms with Crippen LogP contribution >= 0.6 is 22.9 Å². The molecule has 3 amide bonds. The fourth-order valence-corrected chi connectivity index (χ4v) is 4.80. The Morgan fingerprint density at radius 2 is 2.07 bits per heavy atom. The van der Waals surface area contributed by atoms with E-state index in [-0.39, 0.29) is 12.5 Å². The van der Waals surface area contributed by atoms with E-state index in [9.17, 15) is 14.4 Å². The average Bonchev–Trinajstić information content (AvgIpc) is 2.98. The zero-order valence-electron chi connectivity index (χ0n) is 15.6. The molecule has 0 aliphatic heterocycles. The molecule has 1 atom stereocenters. The van der Waals surface area contributed by atoms with Gasteiger partial charge in [-0.05, 0) is 55.9 Å². The number of ether oxygens (including phenoxy) is 1. The zero-order valence-corrected chi connectivity index (χ0v) is 17.2. The highest BCUT2D eigenvalue weighted by molar-refractivity contribution is 7.17. The predicted octanol–water partition coefficient (Wildman–Crippen LogP) is 4.66. The molecule has 148 valence electrons. The van der Waals surface area contributed by atoms with Crippen molar-refractivity contribution in [3.05, 3.63) is 50.9 Å².